The maximum atomic E-state index is 12.9. The van der Waals surface area contributed by atoms with Gasteiger partial charge in [0, 0.05) is 18.5 Å². The second-order valence-electron chi connectivity index (χ2n) is 7.79. The van der Waals surface area contributed by atoms with Crippen LogP contribution in [0, 0.1) is 18.8 Å². The molecule has 3 atom stereocenters. The SMILES string of the molecule is CC[C@H](C)NC(=O)[C@@H]1CC[C@@H](c2cccc(C)c2)N(C(=O)C2CC2)C1. The van der Waals surface area contributed by atoms with Crippen LogP contribution in [0.3, 0.4) is 0 Å². The molecule has 0 radical (unpaired) electrons. The molecule has 1 heterocycles. The van der Waals surface area contributed by atoms with Gasteiger partial charge in [-0.3, -0.25) is 9.59 Å². The molecule has 25 heavy (non-hydrogen) atoms. The van der Waals surface area contributed by atoms with Crippen molar-refractivity contribution in [2.24, 2.45) is 11.8 Å². The van der Waals surface area contributed by atoms with Gasteiger partial charge in [-0.25, -0.2) is 0 Å². The van der Waals surface area contributed by atoms with Crippen LogP contribution in [0.2, 0.25) is 0 Å². The standard InChI is InChI=1S/C21H30N2O2/c1-4-15(3)22-20(24)18-10-11-19(17-7-5-6-14(2)12-17)23(13-18)21(25)16-8-9-16/h5-7,12,15-16,18-19H,4,8-11,13H2,1-3H3,(H,22,24)/t15-,18+,19-/m0/s1. The van der Waals surface area contributed by atoms with Crippen molar-refractivity contribution in [3.63, 3.8) is 0 Å². The van der Waals surface area contributed by atoms with Crippen molar-refractivity contribution in [2.75, 3.05) is 6.54 Å². The Labute approximate surface area is 151 Å². The Morgan fingerprint density at radius 3 is 2.56 bits per heavy atom. The third-order valence-electron chi connectivity index (χ3n) is 5.59. The number of rotatable bonds is 5. The number of benzene rings is 1. The van der Waals surface area contributed by atoms with E-state index in [9.17, 15) is 9.59 Å². The second-order valence-corrected chi connectivity index (χ2v) is 7.79. The Bertz CT molecular complexity index is 639. The molecule has 1 saturated carbocycles. The van der Waals surface area contributed by atoms with Gasteiger partial charge in [-0.1, -0.05) is 36.8 Å². The fourth-order valence-corrected chi connectivity index (χ4v) is 3.68. The molecule has 4 nitrogen and oxygen atoms in total. The molecule has 2 fully saturated rings. The fraction of sp³-hybridized carbons (Fsp3) is 0.619. The average molecular weight is 342 g/mol. The molecule has 1 N–H and O–H groups in total. The zero-order valence-corrected chi connectivity index (χ0v) is 15.6. The Hall–Kier alpha value is -1.84. The first-order chi connectivity index (χ1) is 12.0. The summed E-state index contributed by atoms with van der Waals surface area (Å²) in [5.41, 5.74) is 2.42. The summed E-state index contributed by atoms with van der Waals surface area (Å²) in [5, 5.41) is 3.09. The summed E-state index contributed by atoms with van der Waals surface area (Å²) in [6.07, 6.45) is 4.63. The van der Waals surface area contributed by atoms with Gasteiger partial charge in [0.2, 0.25) is 11.8 Å². The second kappa shape index (κ2) is 7.59. The van der Waals surface area contributed by atoms with Gasteiger partial charge in [0.05, 0.1) is 12.0 Å². The molecule has 1 aliphatic heterocycles. The summed E-state index contributed by atoms with van der Waals surface area (Å²) in [6.45, 7) is 6.74. The van der Waals surface area contributed by atoms with Gasteiger partial charge in [-0.2, -0.15) is 0 Å². The number of nitrogens with one attached hydrogen (secondary N) is 1. The van der Waals surface area contributed by atoms with Crippen LogP contribution in [0.1, 0.15) is 63.1 Å². The summed E-state index contributed by atoms with van der Waals surface area (Å²) in [6, 6.07) is 8.74. The number of piperidine rings is 1. The molecule has 1 aliphatic carbocycles. The molecule has 2 aliphatic rings. The number of carbonyl (C=O) groups is 2. The Morgan fingerprint density at radius 2 is 1.92 bits per heavy atom. The first-order valence-electron chi connectivity index (χ1n) is 9.67. The molecule has 1 aromatic rings. The van der Waals surface area contributed by atoms with Gasteiger partial charge < -0.3 is 10.2 Å². The molecule has 0 unspecified atom stereocenters. The number of aryl methyl sites for hydroxylation is 1. The van der Waals surface area contributed by atoms with Gasteiger partial charge in [-0.15, -0.1) is 0 Å². The van der Waals surface area contributed by atoms with E-state index in [0.717, 1.165) is 32.1 Å². The van der Waals surface area contributed by atoms with Crippen molar-refractivity contribution in [1.82, 2.24) is 10.2 Å². The smallest absolute Gasteiger partial charge is 0.226 e. The minimum Gasteiger partial charge on any atom is -0.353 e. The minimum absolute atomic E-state index is 0.0854. The quantitative estimate of drug-likeness (QED) is 0.889. The highest BCUT2D eigenvalue weighted by atomic mass is 16.2. The first kappa shape index (κ1) is 18.0. The molecular formula is C21H30N2O2. The summed E-state index contributed by atoms with van der Waals surface area (Å²) in [5.74, 6) is 0.444. The lowest BCUT2D eigenvalue weighted by molar-refractivity contribution is -0.140. The number of hydrogen-bond donors (Lipinski definition) is 1. The van der Waals surface area contributed by atoms with Crippen LogP contribution in [-0.4, -0.2) is 29.3 Å². The molecule has 4 heteroatoms. The molecule has 1 saturated heterocycles. The Balaban J connectivity index is 1.77. The van der Waals surface area contributed by atoms with Crippen molar-refractivity contribution in [1.29, 1.82) is 0 Å². The van der Waals surface area contributed by atoms with Gasteiger partial charge in [0.25, 0.3) is 0 Å². The summed E-state index contributed by atoms with van der Waals surface area (Å²) in [7, 11) is 0. The third kappa shape index (κ3) is 4.23. The van der Waals surface area contributed by atoms with E-state index in [1.54, 1.807) is 0 Å². The lowest BCUT2D eigenvalue weighted by Gasteiger charge is -2.40. The van der Waals surface area contributed by atoms with E-state index in [4.69, 9.17) is 0 Å². The monoisotopic (exact) mass is 342 g/mol. The van der Waals surface area contributed by atoms with E-state index in [0.29, 0.717) is 6.54 Å². The summed E-state index contributed by atoms with van der Waals surface area (Å²) in [4.78, 5) is 27.4. The van der Waals surface area contributed by atoms with Crippen molar-refractivity contribution in [2.45, 2.75) is 65.0 Å². The number of carbonyl (C=O) groups excluding carboxylic acids is 2. The van der Waals surface area contributed by atoms with Crippen molar-refractivity contribution >= 4 is 11.8 Å². The average Bonchev–Trinajstić information content (AvgIpc) is 3.45. The predicted molar refractivity (Wildman–Crippen MR) is 99.0 cm³/mol. The summed E-state index contributed by atoms with van der Waals surface area (Å²) >= 11 is 0. The van der Waals surface area contributed by atoms with Gasteiger partial charge in [0.15, 0.2) is 0 Å². The largest absolute Gasteiger partial charge is 0.353 e. The molecule has 0 spiro atoms. The van der Waals surface area contributed by atoms with Gasteiger partial charge >= 0.3 is 0 Å². The van der Waals surface area contributed by atoms with Gasteiger partial charge in [0.1, 0.15) is 0 Å². The molecule has 1 aromatic carbocycles. The number of hydrogen-bond acceptors (Lipinski definition) is 2. The summed E-state index contributed by atoms with van der Waals surface area (Å²) < 4.78 is 0. The van der Waals surface area contributed by atoms with E-state index in [1.807, 2.05) is 11.8 Å². The van der Waals surface area contributed by atoms with Crippen molar-refractivity contribution in [3.8, 4) is 0 Å². The van der Waals surface area contributed by atoms with E-state index >= 15 is 0 Å². The zero-order chi connectivity index (χ0) is 18.0. The maximum absolute atomic E-state index is 12.9. The van der Waals surface area contributed by atoms with Crippen LogP contribution in [0.25, 0.3) is 0 Å². The van der Waals surface area contributed by atoms with Crippen LogP contribution in [0.5, 0.6) is 0 Å². The zero-order valence-electron chi connectivity index (χ0n) is 15.6. The predicted octanol–water partition coefficient (Wildman–Crippen LogP) is 3.60. The Morgan fingerprint density at radius 1 is 1.20 bits per heavy atom. The normalized spacial score (nSPS) is 24.7. The topological polar surface area (TPSA) is 49.4 Å². The highest BCUT2D eigenvalue weighted by Gasteiger charge is 2.41. The highest BCUT2D eigenvalue weighted by molar-refractivity contribution is 5.84. The molecular weight excluding hydrogens is 312 g/mol. The van der Waals surface area contributed by atoms with E-state index in [1.165, 1.54) is 11.1 Å². The lowest BCUT2D eigenvalue weighted by Crippen LogP contribution is -2.48. The van der Waals surface area contributed by atoms with Crippen LogP contribution in [0.15, 0.2) is 24.3 Å². The fourth-order valence-electron chi connectivity index (χ4n) is 3.68. The van der Waals surface area contributed by atoms with E-state index in [-0.39, 0.29) is 35.7 Å². The molecule has 0 aromatic heterocycles. The third-order valence-corrected chi connectivity index (χ3v) is 5.59. The molecule has 136 valence electrons. The maximum Gasteiger partial charge on any atom is 0.226 e. The molecule has 2 amide bonds. The highest BCUT2D eigenvalue weighted by Crippen LogP contribution is 2.39. The van der Waals surface area contributed by atoms with E-state index in [2.05, 4.69) is 43.4 Å². The van der Waals surface area contributed by atoms with Gasteiger partial charge in [-0.05, 0) is 51.5 Å². The first-order valence-corrected chi connectivity index (χ1v) is 9.67. The van der Waals surface area contributed by atoms with Crippen LogP contribution in [-0.2, 0) is 9.59 Å². The molecule has 3 rings (SSSR count). The lowest BCUT2D eigenvalue weighted by atomic mass is 9.87. The van der Waals surface area contributed by atoms with Crippen LogP contribution < -0.4 is 5.32 Å². The van der Waals surface area contributed by atoms with Crippen LogP contribution >= 0.6 is 0 Å². The van der Waals surface area contributed by atoms with Crippen molar-refractivity contribution < 1.29 is 9.59 Å². The number of nitrogens with zero attached hydrogens (tertiary/aromatic N) is 1. The number of amides is 2. The van der Waals surface area contributed by atoms with Crippen LogP contribution in [0.4, 0.5) is 0 Å². The number of likely N-dealkylation sites (tertiary alicyclic amines) is 1. The van der Waals surface area contributed by atoms with Crippen molar-refractivity contribution in [3.05, 3.63) is 35.4 Å². The van der Waals surface area contributed by atoms with E-state index < -0.39 is 0 Å². The minimum atomic E-state index is -0.0854. The Kier molecular flexibility index (Phi) is 5.45. The molecule has 0 bridgehead atoms.